The summed E-state index contributed by atoms with van der Waals surface area (Å²) in [5.41, 5.74) is 0. The van der Waals surface area contributed by atoms with E-state index in [1.54, 1.807) is 11.8 Å². The topological polar surface area (TPSA) is 0 Å². The average Bonchev–Trinajstić information content (AvgIpc) is 1.63. The molecule has 0 aromatic heterocycles. The number of hydrogen-bond acceptors (Lipinski definition) is 4. The van der Waals surface area contributed by atoms with Crippen LogP contribution >= 0.6 is 49.6 Å². The van der Waals surface area contributed by atoms with E-state index in [0.29, 0.717) is 11.0 Å². The van der Waals surface area contributed by atoms with Crippen molar-refractivity contribution in [1.82, 2.24) is 0 Å². The van der Waals surface area contributed by atoms with Crippen LogP contribution in [0.2, 0.25) is 0 Å². The number of thiol groups is 3. The fraction of sp³-hybridized carbons (Fsp3) is 1.00. The normalized spacial score (nSPS) is 12.7. The van der Waals surface area contributed by atoms with Gasteiger partial charge in [-0.1, -0.05) is 13.8 Å². The molecule has 0 bridgehead atoms. The summed E-state index contributed by atoms with van der Waals surface area (Å²) < 4.78 is -0.267. The molecular weight excluding hydrogens is 188 g/mol. The number of rotatable bonds is 3. The van der Waals surface area contributed by atoms with E-state index in [-0.39, 0.29) is 3.41 Å². The molecule has 0 aromatic carbocycles. The predicted octanol–water partition coefficient (Wildman–Crippen LogP) is 2.57. The second kappa shape index (κ2) is 4.31. The Hall–Kier alpha value is 1.40. The Kier molecular flexibility index (Phi) is 4.98. The number of thioether (sulfide) groups is 1. The van der Waals surface area contributed by atoms with Crippen LogP contribution in [0.5, 0.6) is 0 Å². The Morgan fingerprint density at radius 3 is 2.00 bits per heavy atom. The molecular formula is C5H12S4. The summed E-state index contributed by atoms with van der Waals surface area (Å²) in [6.45, 7) is 4.24. The molecule has 0 amide bonds. The van der Waals surface area contributed by atoms with Gasteiger partial charge in [0.1, 0.15) is 3.41 Å². The lowest BCUT2D eigenvalue weighted by Crippen LogP contribution is -2.12. The highest BCUT2D eigenvalue weighted by atomic mass is 32.2. The minimum atomic E-state index is -0.267. The zero-order valence-electron chi connectivity index (χ0n) is 5.53. The Morgan fingerprint density at radius 2 is 1.89 bits per heavy atom. The SMILES string of the molecule is CC(C)SC(S)(S)CS. The molecule has 0 aromatic rings. The quantitative estimate of drug-likeness (QED) is 0.465. The molecule has 0 heterocycles. The molecule has 0 N–H and O–H groups in total. The van der Waals surface area contributed by atoms with Crippen LogP contribution in [0, 0.1) is 0 Å². The molecule has 0 saturated carbocycles. The first-order valence-corrected chi connectivity index (χ1v) is 5.12. The van der Waals surface area contributed by atoms with Gasteiger partial charge in [0.2, 0.25) is 0 Å². The minimum absolute atomic E-state index is 0.267. The molecule has 0 aliphatic rings. The van der Waals surface area contributed by atoms with Crippen LogP contribution in [0.3, 0.4) is 0 Å². The molecule has 0 aliphatic heterocycles. The Balaban J connectivity index is 3.58. The fourth-order valence-electron chi connectivity index (χ4n) is 0.415. The number of hydrogen-bond donors (Lipinski definition) is 3. The summed E-state index contributed by atoms with van der Waals surface area (Å²) in [7, 11) is 0. The van der Waals surface area contributed by atoms with Crippen LogP contribution in [-0.2, 0) is 0 Å². The lowest BCUT2D eigenvalue weighted by molar-refractivity contribution is 1.10. The standard InChI is InChI=1S/C5H12S4/c1-4(2)9-5(7,8)3-6/h4,6-8H,3H2,1-2H3. The third-order valence-corrected chi connectivity index (χ3v) is 3.76. The van der Waals surface area contributed by atoms with Crippen LogP contribution < -0.4 is 0 Å². The smallest absolute Gasteiger partial charge is 0.110 e. The summed E-state index contributed by atoms with van der Waals surface area (Å²) in [6, 6.07) is 0. The van der Waals surface area contributed by atoms with Gasteiger partial charge in [-0.3, -0.25) is 0 Å². The monoisotopic (exact) mass is 200 g/mol. The molecule has 0 rings (SSSR count). The molecule has 9 heavy (non-hydrogen) atoms. The second-order valence-electron chi connectivity index (χ2n) is 2.07. The zero-order valence-corrected chi connectivity index (χ0v) is 9.03. The molecule has 0 atom stereocenters. The third-order valence-electron chi connectivity index (χ3n) is 0.630. The van der Waals surface area contributed by atoms with E-state index in [9.17, 15) is 0 Å². The Bertz CT molecular complexity index is 79.0. The maximum Gasteiger partial charge on any atom is 0.110 e. The van der Waals surface area contributed by atoms with Crippen LogP contribution in [0.15, 0.2) is 0 Å². The molecule has 56 valence electrons. The van der Waals surface area contributed by atoms with Crippen molar-refractivity contribution in [1.29, 1.82) is 0 Å². The van der Waals surface area contributed by atoms with E-state index >= 15 is 0 Å². The van der Waals surface area contributed by atoms with Crippen molar-refractivity contribution >= 4 is 49.6 Å². The van der Waals surface area contributed by atoms with E-state index in [1.165, 1.54) is 0 Å². The van der Waals surface area contributed by atoms with Crippen molar-refractivity contribution in [3.8, 4) is 0 Å². The highest BCUT2D eigenvalue weighted by molar-refractivity contribution is 8.25. The van der Waals surface area contributed by atoms with E-state index in [1.807, 2.05) is 0 Å². The lowest BCUT2D eigenvalue weighted by Gasteiger charge is -2.21. The van der Waals surface area contributed by atoms with Gasteiger partial charge in [0.05, 0.1) is 0 Å². The predicted molar refractivity (Wildman–Crippen MR) is 57.3 cm³/mol. The van der Waals surface area contributed by atoms with Gasteiger partial charge in [0.15, 0.2) is 0 Å². The van der Waals surface area contributed by atoms with Gasteiger partial charge in [0, 0.05) is 11.0 Å². The molecule has 4 heteroatoms. The van der Waals surface area contributed by atoms with Gasteiger partial charge in [0.25, 0.3) is 0 Å². The first-order chi connectivity index (χ1) is 3.98. The average molecular weight is 200 g/mol. The highest BCUT2D eigenvalue weighted by Gasteiger charge is 2.19. The van der Waals surface area contributed by atoms with Gasteiger partial charge in [-0.2, -0.15) is 37.9 Å². The highest BCUT2D eigenvalue weighted by Crippen LogP contribution is 2.37. The largest absolute Gasteiger partial charge is 0.176 e. The van der Waals surface area contributed by atoms with Crippen LogP contribution in [0.4, 0.5) is 0 Å². The van der Waals surface area contributed by atoms with Crippen molar-refractivity contribution < 1.29 is 0 Å². The van der Waals surface area contributed by atoms with Crippen LogP contribution in [0.1, 0.15) is 13.8 Å². The molecule has 0 unspecified atom stereocenters. The van der Waals surface area contributed by atoms with Crippen molar-refractivity contribution in [2.75, 3.05) is 5.75 Å². The minimum Gasteiger partial charge on any atom is -0.176 e. The maximum absolute atomic E-state index is 4.28. The first kappa shape index (κ1) is 10.4. The summed E-state index contributed by atoms with van der Waals surface area (Å²) >= 11 is 14.4. The summed E-state index contributed by atoms with van der Waals surface area (Å²) in [4.78, 5) is 0. The second-order valence-corrected chi connectivity index (χ2v) is 6.74. The van der Waals surface area contributed by atoms with Crippen molar-refractivity contribution in [2.45, 2.75) is 22.5 Å². The van der Waals surface area contributed by atoms with E-state index in [4.69, 9.17) is 0 Å². The molecule has 0 aliphatic carbocycles. The Morgan fingerprint density at radius 1 is 1.44 bits per heavy atom. The third kappa shape index (κ3) is 5.83. The summed E-state index contributed by atoms with van der Waals surface area (Å²) in [6.07, 6.45) is 0. The van der Waals surface area contributed by atoms with Gasteiger partial charge in [-0.05, 0) is 0 Å². The van der Waals surface area contributed by atoms with E-state index in [2.05, 4.69) is 51.7 Å². The maximum atomic E-state index is 4.28. The molecule has 0 fully saturated rings. The first-order valence-electron chi connectivity index (χ1n) is 2.71. The fourth-order valence-corrected chi connectivity index (χ4v) is 2.73. The van der Waals surface area contributed by atoms with Crippen molar-refractivity contribution in [3.63, 3.8) is 0 Å². The van der Waals surface area contributed by atoms with Gasteiger partial charge < -0.3 is 0 Å². The van der Waals surface area contributed by atoms with E-state index in [0.717, 1.165) is 0 Å². The van der Waals surface area contributed by atoms with Crippen LogP contribution in [0.25, 0.3) is 0 Å². The lowest BCUT2D eigenvalue weighted by atomic mass is 10.6. The van der Waals surface area contributed by atoms with E-state index < -0.39 is 0 Å². The summed E-state index contributed by atoms with van der Waals surface area (Å²) in [5.74, 6) is 0.683. The molecule has 0 nitrogen and oxygen atoms in total. The molecule has 0 radical (unpaired) electrons. The van der Waals surface area contributed by atoms with Crippen molar-refractivity contribution in [2.24, 2.45) is 0 Å². The molecule has 0 spiro atoms. The molecule has 0 saturated heterocycles. The van der Waals surface area contributed by atoms with Gasteiger partial charge >= 0.3 is 0 Å². The van der Waals surface area contributed by atoms with Gasteiger partial charge in [-0.25, -0.2) is 0 Å². The van der Waals surface area contributed by atoms with Crippen LogP contribution in [-0.4, -0.2) is 14.4 Å². The zero-order chi connectivity index (χ0) is 7.49. The Labute approximate surface area is 77.8 Å². The van der Waals surface area contributed by atoms with Gasteiger partial charge in [-0.15, -0.1) is 11.8 Å². The van der Waals surface area contributed by atoms with Crippen molar-refractivity contribution in [3.05, 3.63) is 0 Å². The summed E-state index contributed by atoms with van der Waals surface area (Å²) in [5, 5.41) is 0.562.